The van der Waals surface area contributed by atoms with Gasteiger partial charge in [-0.1, -0.05) is 12.1 Å². The van der Waals surface area contributed by atoms with Crippen LogP contribution in [0.5, 0.6) is 0 Å². The lowest BCUT2D eigenvalue weighted by Crippen LogP contribution is -1.98. The van der Waals surface area contributed by atoms with E-state index in [2.05, 4.69) is 5.10 Å². The Bertz CT molecular complexity index is 483. The van der Waals surface area contributed by atoms with Crippen LogP contribution in [0, 0.1) is 12.7 Å². The molecule has 0 radical (unpaired) electrons. The summed E-state index contributed by atoms with van der Waals surface area (Å²) in [6, 6.07) is 5.24. The van der Waals surface area contributed by atoms with Gasteiger partial charge in [0.2, 0.25) is 0 Å². The molecule has 78 valence electrons. The van der Waals surface area contributed by atoms with Crippen molar-refractivity contribution in [2.24, 2.45) is 7.05 Å². The normalized spacial score (nSPS) is 10.6. The Morgan fingerprint density at radius 3 is 2.73 bits per heavy atom. The van der Waals surface area contributed by atoms with Crippen LogP contribution in [0.4, 0.5) is 10.1 Å². The van der Waals surface area contributed by atoms with Crippen molar-refractivity contribution in [3.63, 3.8) is 0 Å². The molecule has 0 saturated heterocycles. The predicted molar refractivity (Wildman–Crippen MR) is 57.8 cm³/mol. The van der Waals surface area contributed by atoms with Gasteiger partial charge in [0.25, 0.3) is 0 Å². The van der Waals surface area contributed by atoms with Crippen LogP contribution in [0.1, 0.15) is 5.56 Å². The van der Waals surface area contributed by atoms with Gasteiger partial charge in [-0.2, -0.15) is 5.10 Å². The Labute approximate surface area is 87.3 Å². The molecule has 15 heavy (non-hydrogen) atoms. The maximum Gasteiger partial charge on any atom is 0.135 e. The van der Waals surface area contributed by atoms with Crippen LogP contribution < -0.4 is 5.73 Å². The topological polar surface area (TPSA) is 43.8 Å². The summed E-state index contributed by atoms with van der Waals surface area (Å²) in [5, 5.41) is 3.99. The number of hydrogen-bond donors (Lipinski definition) is 1. The van der Waals surface area contributed by atoms with E-state index < -0.39 is 0 Å². The molecule has 0 aliphatic carbocycles. The van der Waals surface area contributed by atoms with Crippen molar-refractivity contribution in [1.82, 2.24) is 9.78 Å². The smallest absolute Gasteiger partial charge is 0.135 e. The summed E-state index contributed by atoms with van der Waals surface area (Å²) in [7, 11) is 1.74. The zero-order chi connectivity index (χ0) is 11.0. The fourth-order valence-electron chi connectivity index (χ4n) is 1.61. The number of rotatable bonds is 1. The lowest BCUT2D eigenvalue weighted by molar-refractivity contribution is 0.619. The molecule has 1 aromatic heterocycles. The Morgan fingerprint density at radius 2 is 2.13 bits per heavy atom. The third kappa shape index (κ3) is 1.48. The Morgan fingerprint density at radius 1 is 1.40 bits per heavy atom. The summed E-state index contributed by atoms with van der Waals surface area (Å²) < 4.78 is 15.4. The highest BCUT2D eigenvalue weighted by Gasteiger charge is 2.13. The molecule has 0 atom stereocenters. The maximum absolute atomic E-state index is 13.8. The molecule has 0 saturated carbocycles. The summed E-state index contributed by atoms with van der Waals surface area (Å²) in [6.07, 6.45) is 1.52. The molecular formula is C11H12FN3. The van der Waals surface area contributed by atoms with E-state index in [0.717, 1.165) is 0 Å². The molecule has 0 aliphatic heterocycles. The molecule has 2 N–H and O–H groups in total. The first kappa shape index (κ1) is 9.71. The summed E-state index contributed by atoms with van der Waals surface area (Å²) >= 11 is 0. The van der Waals surface area contributed by atoms with E-state index in [9.17, 15) is 4.39 Å². The number of nitrogen functional groups attached to an aromatic ring is 1. The van der Waals surface area contributed by atoms with Gasteiger partial charge >= 0.3 is 0 Å². The number of aromatic nitrogens is 2. The molecule has 0 spiro atoms. The number of halogens is 1. The third-order valence-corrected chi connectivity index (χ3v) is 2.41. The van der Waals surface area contributed by atoms with Gasteiger partial charge in [-0.15, -0.1) is 0 Å². The number of nitrogens with zero attached hydrogens (tertiary/aromatic N) is 2. The molecule has 2 rings (SSSR count). The third-order valence-electron chi connectivity index (χ3n) is 2.41. The number of benzene rings is 1. The molecule has 0 unspecified atom stereocenters. The van der Waals surface area contributed by atoms with Crippen molar-refractivity contribution in [2.75, 3.05) is 5.73 Å². The second kappa shape index (κ2) is 3.38. The highest BCUT2D eigenvalue weighted by molar-refractivity contribution is 5.73. The number of hydrogen-bond acceptors (Lipinski definition) is 2. The van der Waals surface area contributed by atoms with Gasteiger partial charge in [-0.3, -0.25) is 4.68 Å². The van der Waals surface area contributed by atoms with Gasteiger partial charge in [0.15, 0.2) is 0 Å². The summed E-state index contributed by atoms with van der Waals surface area (Å²) in [5.74, 6) is -0.243. The molecular weight excluding hydrogens is 193 g/mol. The van der Waals surface area contributed by atoms with E-state index >= 15 is 0 Å². The van der Waals surface area contributed by atoms with Crippen molar-refractivity contribution < 1.29 is 4.39 Å². The van der Waals surface area contributed by atoms with Crippen molar-refractivity contribution in [3.05, 3.63) is 35.8 Å². The second-order valence-corrected chi connectivity index (χ2v) is 3.51. The first-order chi connectivity index (χ1) is 7.11. The van der Waals surface area contributed by atoms with Crippen LogP contribution in [0.2, 0.25) is 0 Å². The summed E-state index contributed by atoms with van der Waals surface area (Å²) in [4.78, 5) is 0. The van der Waals surface area contributed by atoms with Crippen molar-refractivity contribution in [2.45, 2.75) is 6.92 Å². The Balaban J connectivity index is 2.69. The molecule has 3 nitrogen and oxygen atoms in total. The zero-order valence-electron chi connectivity index (χ0n) is 8.66. The van der Waals surface area contributed by atoms with Crippen LogP contribution in [0.15, 0.2) is 24.4 Å². The standard InChI is InChI=1S/C11H12FN3/c1-7-4-3-5-8(10(7)12)11-9(13)6-14-15(11)2/h3-6H,13H2,1-2H3. The van der Waals surface area contributed by atoms with E-state index in [1.165, 1.54) is 6.20 Å². The summed E-state index contributed by atoms with van der Waals surface area (Å²) in [5.41, 5.74) is 7.95. The lowest BCUT2D eigenvalue weighted by Gasteiger charge is -2.06. The molecule has 0 aliphatic rings. The van der Waals surface area contributed by atoms with E-state index in [0.29, 0.717) is 22.5 Å². The summed E-state index contributed by atoms with van der Waals surface area (Å²) in [6.45, 7) is 1.73. The average molecular weight is 205 g/mol. The van der Waals surface area contributed by atoms with Crippen LogP contribution in [-0.2, 0) is 7.05 Å². The fraction of sp³-hybridized carbons (Fsp3) is 0.182. The molecule has 4 heteroatoms. The van der Waals surface area contributed by atoms with Crippen LogP contribution >= 0.6 is 0 Å². The molecule has 0 amide bonds. The van der Waals surface area contributed by atoms with Crippen molar-refractivity contribution in [3.8, 4) is 11.3 Å². The molecule has 1 aromatic carbocycles. The van der Waals surface area contributed by atoms with Crippen LogP contribution in [0.25, 0.3) is 11.3 Å². The van der Waals surface area contributed by atoms with Crippen molar-refractivity contribution >= 4 is 5.69 Å². The Hall–Kier alpha value is -1.84. The minimum atomic E-state index is -0.243. The molecule has 0 fully saturated rings. The highest BCUT2D eigenvalue weighted by Crippen LogP contribution is 2.28. The minimum Gasteiger partial charge on any atom is -0.396 e. The van der Waals surface area contributed by atoms with E-state index in [1.54, 1.807) is 36.9 Å². The zero-order valence-corrected chi connectivity index (χ0v) is 8.66. The lowest BCUT2D eigenvalue weighted by atomic mass is 10.1. The first-order valence-electron chi connectivity index (χ1n) is 4.64. The number of anilines is 1. The second-order valence-electron chi connectivity index (χ2n) is 3.51. The quantitative estimate of drug-likeness (QED) is 0.774. The Kier molecular flexibility index (Phi) is 2.19. The molecule has 1 heterocycles. The first-order valence-corrected chi connectivity index (χ1v) is 4.64. The maximum atomic E-state index is 13.8. The average Bonchev–Trinajstić information content (AvgIpc) is 2.52. The van der Waals surface area contributed by atoms with Gasteiger partial charge in [0.05, 0.1) is 17.6 Å². The van der Waals surface area contributed by atoms with Gasteiger partial charge in [-0.25, -0.2) is 4.39 Å². The molecule has 2 aromatic rings. The van der Waals surface area contributed by atoms with Gasteiger partial charge < -0.3 is 5.73 Å². The minimum absolute atomic E-state index is 0.243. The van der Waals surface area contributed by atoms with E-state index in [4.69, 9.17) is 5.73 Å². The van der Waals surface area contributed by atoms with E-state index in [1.807, 2.05) is 0 Å². The molecule has 0 bridgehead atoms. The largest absolute Gasteiger partial charge is 0.396 e. The number of nitrogens with two attached hydrogens (primary N) is 1. The van der Waals surface area contributed by atoms with Crippen molar-refractivity contribution in [1.29, 1.82) is 0 Å². The van der Waals surface area contributed by atoms with Gasteiger partial charge in [-0.05, 0) is 18.6 Å². The van der Waals surface area contributed by atoms with Gasteiger partial charge in [0, 0.05) is 12.6 Å². The highest BCUT2D eigenvalue weighted by atomic mass is 19.1. The van der Waals surface area contributed by atoms with E-state index in [-0.39, 0.29) is 5.82 Å². The number of aryl methyl sites for hydroxylation is 2. The van der Waals surface area contributed by atoms with Crippen LogP contribution in [0.3, 0.4) is 0 Å². The SMILES string of the molecule is Cc1cccc(-c2c(N)cnn2C)c1F. The van der Waals surface area contributed by atoms with Crippen LogP contribution in [-0.4, -0.2) is 9.78 Å². The van der Waals surface area contributed by atoms with Gasteiger partial charge in [0.1, 0.15) is 5.82 Å². The predicted octanol–water partition coefficient (Wildman–Crippen LogP) is 2.12. The fourth-order valence-corrected chi connectivity index (χ4v) is 1.61. The monoisotopic (exact) mass is 205 g/mol.